The summed E-state index contributed by atoms with van der Waals surface area (Å²) in [4.78, 5) is 25.6. The molecule has 0 aliphatic rings. The fourth-order valence-electron chi connectivity index (χ4n) is 2.65. The highest BCUT2D eigenvalue weighted by atomic mass is 32.2. The van der Waals surface area contributed by atoms with Crippen LogP contribution in [0.5, 0.6) is 5.75 Å². The van der Waals surface area contributed by atoms with Gasteiger partial charge in [0.25, 0.3) is 0 Å². The van der Waals surface area contributed by atoms with Gasteiger partial charge in [-0.3, -0.25) is 9.59 Å². The summed E-state index contributed by atoms with van der Waals surface area (Å²) >= 11 is 1.46. The first-order valence-corrected chi connectivity index (χ1v) is 10.6. The van der Waals surface area contributed by atoms with Crippen molar-refractivity contribution in [3.63, 3.8) is 0 Å². The summed E-state index contributed by atoms with van der Waals surface area (Å²) < 4.78 is 5.55. The van der Waals surface area contributed by atoms with Crippen LogP contribution in [0.2, 0.25) is 0 Å². The molecule has 29 heavy (non-hydrogen) atoms. The number of benzene rings is 2. The standard InChI is InChI=1S/C23H30N2O3S/c1-6-28-20-10-8-7-9-19(20)25-22(27)16(2)29-18-13-11-17(12-14-18)24-21(26)15-23(3,4)5/h7-14,16H,6,15H2,1-5H3,(H,24,26)(H,25,27). The Hall–Kier alpha value is -2.47. The summed E-state index contributed by atoms with van der Waals surface area (Å²) in [7, 11) is 0. The molecule has 2 rings (SSSR count). The van der Waals surface area contributed by atoms with Gasteiger partial charge in [0.05, 0.1) is 17.5 Å². The number of amides is 2. The van der Waals surface area contributed by atoms with Crippen molar-refractivity contribution in [3.05, 3.63) is 48.5 Å². The summed E-state index contributed by atoms with van der Waals surface area (Å²) in [5.74, 6) is 0.569. The van der Waals surface area contributed by atoms with E-state index in [1.54, 1.807) is 0 Å². The van der Waals surface area contributed by atoms with Gasteiger partial charge in [0.15, 0.2) is 0 Å². The first kappa shape index (κ1) is 22.8. The van der Waals surface area contributed by atoms with E-state index in [4.69, 9.17) is 4.74 Å². The van der Waals surface area contributed by atoms with Crippen molar-refractivity contribution in [1.29, 1.82) is 0 Å². The number of thioether (sulfide) groups is 1. The number of nitrogens with one attached hydrogen (secondary N) is 2. The highest BCUT2D eigenvalue weighted by molar-refractivity contribution is 8.00. The van der Waals surface area contributed by atoms with Crippen molar-refractivity contribution in [3.8, 4) is 5.75 Å². The van der Waals surface area contributed by atoms with Gasteiger partial charge in [-0.1, -0.05) is 32.9 Å². The molecule has 2 N–H and O–H groups in total. The van der Waals surface area contributed by atoms with E-state index in [2.05, 4.69) is 10.6 Å². The van der Waals surface area contributed by atoms with Crippen LogP contribution in [0, 0.1) is 5.41 Å². The predicted octanol–water partition coefficient (Wildman–Crippen LogP) is 5.58. The van der Waals surface area contributed by atoms with Gasteiger partial charge in [-0.2, -0.15) is 0 Å². The lowest BCUT2D eigenvalue weighted by atomic mass is 9.92. The number of carbonyl (C=O) groups is 2. The van der Waals surface area contributed by atoms with E-state index in [9.17, 15) is 9.59 Å². The molecular formula is C23H30N2O3S. The summed E-state index contributed by atoms with van der Waals surface area (Å²) in [5.41, 5.74) is 1.37. The van der Waals surface area contributed by atoms with E-state index < -0.39 is 0 Å². The molecule has 0 bridgehead atoms. The third-order valence-corrected chi connectivity index (χ3v) is 5.07. The van der Waals surface area contributed by atoms with Crippen LogP contribution in [0.1, 0.15) is 41.0 Å². The normalized spacial score (nSPS) is 12.2. The first-order chi connectivity index (χ1) is 13.7. The molecule has 6 heteroatoms. The number of hydrogen-bond acceptors (Lipinski definition) is 4. The highest BCUT2D eigenvalue weighted by Gasteiger charge is 2.17. The lowest BCUT2D eigenvalue weighted by molar-refractivity contribution is -0.118. The van der Waals surface area contributed by atoms with E-state index in [-0.39, 0.29) is 22.5 Å². The van der Waals surface area contributed by atoms with Gasteiger partial charge in [-0.25, -0.2) is 0 Å². The lowest BCUT2D eigenvalue weighted by Crippen LogP contribution is -2.22. The zero-order valence-electron chi connectivity index (χ0n) is 17.7. The van der Waals surface area contributed by atoms with Crippen LogP contribution in [-0.2, 0) is 9.59 Å². The van der Waals surface area contributed by atoms with Gasteiger partial charge >= 0.3 is 0 Å². The molecule has 2 aromatic carbocycles. The van der Waals surface area contributed by atoms with Crippen LogP contribution in [0.25, 0.3) is 0 Å². The van der Waals surface area contributed by atoms with E-state index in [1.807, 2.05) is 83.1 Å². The van der Waals surface area contributed by atoms with Crippen molar-refractivity contribution in [1.82, 2.24) is 0 Å². The van der Waals surface area contributed by atoms with Crippen molar-refractivity contribution in [2.75, 3.05) is 17.2 Å². The zero-order valence-corrected chi connectivity index (χ0v) is 18.6. The minimum atomic E-state index is -0.286. The number of ether oxygens (including phenoxy) is 1. The number of carbonyl (C=O) groups excluding carboxylic acids is 2. The van der Waals surface area contributed by atoms with Crippen LogP contribution in [0.3, 0.4) is 0 Å². The second-order valence-corrected chi connectivity index (χ2v) is 9.40. The average Bonchev–Trinajstić information content (AvgIpc) is 2.63. The Morgan fingerprint density at radius 3 is 2.31 bits per heavy atom. The lowest BCUT2D eigenvalue weighted by Gasteiger charge is -2.17. The van der Waals surface area contributed by atoms with Crippen LogP contribution in [-0.4, -0.2) is 23.7 Å². The minimum absolute atomic E-state index is 0.00128. The fraction of sp³-hybridized carbons (Fsp3) is 0.391. The minimum Gasteiger partial charge on any atom is -0.492 e. The van der Waals surface area contributed by atoms with Gasteiger partial charge in [0.1, 0.15) is 5.75 Å². The largest absolute Gasteiger partial charge is 0.492 e. The van der Waals surface area contributed by atoms with Crippen LogP contribution >= 0.6 is 11.8 Å². The Morgan fingerprint density at radius 2 is 1.69 bits per heavy atom. The summed E-state index contributed by atoms with van der Waals surface area (Å²) in [6.45, 7) is 10.4. The molecule has 156 valence electrons. The topological polar surface area (TPSA) is 67.4 Å². The summed E-state index contributed by atoms with van der Waals surface area (Å²) in [5, 5.41) is 5.56. The molecule has 0 aromatic heterocycles. The molecule has 0 aliphatic heterocycles. The zero-order chi connectivity index (χ0) is 21.4. The number of para-hydroxylation sites is 2. The Morgan fingerprint density at radius 1 is 1.03 bits per heavy atom. The Labute approximate surface area is 177 Å². The van der Waals surface area contributed by atoms with Crippen molar-refractivity contribution in [2.45, 2.75) is 51.2 Å². The van der Waals surface area contributed by atoms with Crippen LogP contribution in [0.4, 0.5) is 11.4 Å². The van der Waals surface area contributed by atoms with Gasteiger partial charge in [-0.15, -0.1) is 11.8 Å². The maximum Gasteiger partial charge on any atom is 0.237 e. The van der Waals surface area contributed by atoms with Crippen molar-refractivity contribution < 1.29 is 14.3 Å². The van der Waals surface area contributed by atoms with E-state index in [1.165, 1.54) is 11.8 Å². The summed E-state index contributed by atoms with van der Waals surface area (Å²) in [6.07, 6.45) is 0.462. The maximum absolute atomic E-state index is 12.6. The molecule has 0 aliphatic carbocycles. The molecule has 1 unspecified atom stereocenters. The second kappa shape index (κ2) is 10.3. The quantitative estimate of drug-likeness (QED) is 0.553. The molecule has 0 heterocycles. The molecule has 0 saturated heterocycles. The fourth-order valence-corrected chi connectivity index (χ4v) is 3.51. The molecular weight excluding hydrogens is 384 g/mol. The third kappa shape index (κ3) is 7.81. The third-order valence-electron chi connectivity index (χ3n) is 3.96. The average molecular weight is 415 g/mol. The maximum atomic E-state index is 12.6. The van der Waals surface area contributed by atoms with E-state index >= 15 is 0 Å². The molecule has 2 aromatic rings. The van der Waals surface area contributed by atoms with Crippen molar-refractivity contribution in [2.24, 2.45) is 5.41 Å². The van der Waals surface area contributed by atoms with Gasteiger partial charge in [0.2, 0.25) is 11.8 Å². The summed E-state index contributed by atoms with van der Waals surface area (Å²) in [6, 6.07) is 14.9. The molecule has 2 amide bonds. The first-order valence-electron chi connectivity index (χ1n) is 9.77. The highest BCUT2D eigenvalue weighted by Crippen LogP contribution is 2.28. The van der Waals surface area contributed by atoms with Crippen molar-refractivity contribution >= 4 is 35.0 Å². The second-order valence-electron chi connectivity index (χ2n) is 7.99. The van der Waals surface area contributed by atoms with Gasteiger partial charge in [0, 0.05) is 17.0 Å². The number of anilines is 2. The Bertz CT molecular complexity index is 829. The van der Waals surface area contributed by atoms with E-state index in [0.29, 0.717) is 24.5 Å². The monoisotopic (exact) mass is 414 g/mol. The number of hydrogen-bond donors (Lipinski definition) is 2. The van der Waals surface area contributed by atoms with Gasteiger partial charge in [-0.05, 0) is 55.7 Å². The van der Waals surface area contributed by atoms with E-state index in [0.717, 1.165) is 10.6 Å². The SMILES string of the molecule is CCOc1ccccc1NC(=O)C(C)Sc1ccc(NC(=O)CC(C)(C)C)cc1. The molecule has 0 radical (unpaired) electrons. The van der Waals surface area contributed by atoms with Crippen LogP contribution < -0.4 is 15.4 Å². The Kier molecular flexibility index (Phi) is 8.14. The number of rotatable bonds is 8. The molecule has 0 saturated carbocycles. The molecule has 0 fully saturated rings. The Balaban J connectivity index is 1.92. The predicted molar refractivity (Wildman–Crippen MR) is 121 cm³/mol. The van der Waals surface area contributed by atoms with Gasteiger partial charge < -0.3 is 15.4 Å². The molecule has 1 atom stereocenters. The van der Waals surface area contributed by atoms with Crippen LogP contribution in [0.15, 0.2) is 53.4 Å². The molecule has 5 nitrogen and oxygen atoms in total. The molecule has 0 spiro atoms. The smallest absolute Gasteiger partial charge is 0.237 e.